The molecule has 1 heterocycles. The molecule has 29 heavy (non-hydrogen) atoms. The standard InChI is InChI=1S/C22H27F2N3O2/c1-3-25-22(27-13-17-11-18(23)6-7-20(17)24)26-12-16-5-4-15(2)10-21(16)29-19-8-9-28-14-19/h4-7,10-11,19H,3,8-9,12-14H2,1-2H3,(H2,25,26,27). The molecule has 1 aliphatic heterocycles. The second-order valence-corrected chi connectivity index (χ2v) is 7.00. The minimum atomic E-state index is -0.480. The Balaban J connectivity index is 1.69. The molecule has 2 aromatic rings. The molecule has 1 unspecified atom stereocenters. The Labute approximate surface area is 170 Å². The smallest absolute Gasteiger partial charge is 0.191 e. The van der Waals surface area contributed by atoms with Gasteiger partial charge in [-0.25, -0.2) is 13.8 Å². The molecule has 5 nitrogen and oxygen atoms in total. The van der Waals surface area contributed by atoms with Crippen LogP contribution in [-0.2, 0) is 17.8 Å². The predicted molar refractivity (Wildman–Crippen MR) is 109 cm³/mol. The van der Waals surface area contributed by atoms with E-state index in [2.05, 4.69) is 15.6 Å². The van der Waals surface area contributed by atoms with Crippen molar-refractivity contribution in [3.8, 4) is 5.75 Å². The van der Waals surface area contributed by atoms with Crippen LogP contribution in [0.25, 0.3) is 0 Å². The predicted octanol–water partition coefficient (Wildman–Crippen LogP) is 3.70. The Bertz CT molecular complexity index is 852. The zero-order valence-corrected chi connectivity index (χ0v) is 16.8. The molecule has 7 heteroatoms. The molecule has 0 amide bonds. The highest BCUT2D eigenvalue weighted by Crippen LogP contribution is 2.23. The van der Waals surface area contributed by atoms with Gasteiger partial charge < -0.3 is 20.1 Å². The summed E-state index contributed by atoms with van der Waals surface area (Å²) in [5, 5.41) is 6.36. The van der Waals surface area contributed by atoms with Crippen LogP contribution in [0, 0.1) is 18.6 Å². The van der Waals surface area contributed by atoms with Gasteiger partial charge in [-0.05, 0) is 43.7 Å². The lowest BCUT2D eigenvalue weighted by Gasteiger charge is -2.18. The summed E-state index contributed by atoms with van der Waals surface area (Å²) >= 11 is 0. The van der Waals surface area contributed by atoms with E-state index < -0.39 is 11.6 Å². The molecule has 0 bridgehead atoms. The van der Waals surface area contributed by atoms with Crippen molar-refractivity contribution in [1.29, 1.82) is 0 Å². The molecule has 2 aromatic carbocycles. The van der Waals surface area contributed by atoms with Crippen LogP contribution in [0.15, 0.2) is 41.4 Å². The van der Waals surface area contributed by atoms with Gasteiger partial charge >= 0.3 is 0 Å². The molecule has 3 rings (SSSR count). The average molecular weight is 403 g/mol. The van der Waals surface area contributed by atoms with Crippen molar-refractivity contribution in [3.05, 3.63) is 64.7 Å². The highest BCUT2D eigenvalue weighted by molar-refractivity contribution is 5.79. The molecule has 0 spiro atoms. The molecule has 0 radical (unpaired) electrons. The lowest BCUT2D eigenvalue weighted by atomic mass is 10.1. The second kappa shape index (κ2) is 10.2. The summed E-state index contributed by atoms with van der Waals surface area (Å²) in [7, 11) is 0. The number of nitrogens with zero attached hydrogens (tertiary/aromatic N) is 1. The third-order valence-corrected chi connectivity index (χ3v) is 4.61. The number of benzene rings is 2. The number of aryl methyl sites for hydroxylation is 1. The van der Waals surface area contributed by atoms with E-state index in [0.717, 1.165) is 48.1 Å². The first kappa shape index (κ1) is 21.0. The molecule has 1 atom stereocenters. The molecule has 1 saturated heterocycles. The Morgan fingerprint density at radius 2 is 2.03 bits per heavy atom. The Hall–Kier alpha value is -2.67. The molecule has 0 aliphatic carbocycles. The van der Waals surface area contributed by atoms with Crippen LogP contribution in [0.2, 0.25) is 0 Å². The third-order valence-electron chi connectivity index (χ3n) is 4.61. The Kier molecular flexibility index (Phi) is 7.41. The number of nitrogens with one attached hydrogen (secondary N) is 2. The summed E-state index contributed by atoms with van der Waals surface area (Å²) in [6.07, 6.45) is 0.942. The van der Waals surface area contributed by atoms with Crippen LogP contribution >= 0.6 is 0 Å². The maximum absolute atomic E-state index is 13.8. The number of halogens is 2. The fourth-order valence-corrected chi connectivity index (χ4v) is 3.05. The molecular formula is C22H27F2N3O2. The van der Waals surface area contributed by atoms with Crippen molar-refractivity contribution < 1.29 is 18.3 Å². The highest BCUT2D eigenvalue weighted by atomic mass is 19.1. The number of rotatable bonds is 7. The first-order valence-electron chi connectivity index (χ1n) is 9.85. The topological polar surface area (TPSA) is 54.9 Å². The molecule has 1 aliphatic rings. The average Bonchev–Trinajstić information content (AvgIpc) is 3.20. The van der Waals surface area contributed by atoms with E-state index in [9.17, 15) is 8.78 Å². The van der Waals surface area contributed by atoms with Gasteiger partial charge in [-0.2, -0.15) is 0 Å². The first-order valence-corrected chi connectivity index (χ1v) is 9.85. The van der Waals surface area contributed by atoms with E-state index in [4.69, 9.17) is 9.47 Å². The second-order valence-electron chi connectivity index (χ2n) is 7.00. The lowest BCUT2D eigenvalue weighted by molar-refractivity contribution is 0.140. The molecule has 0 saturated carbocycles. The van der Waals surface area contributed by atoms with Gasteiger partial charge in [0.05, 0.1) is 19.8 Å². The highest BCUT2D eigenvalue weighted by Gasteiger charge is 2.18. The van der Waals surface area contributed by atoms with Crippen molar-refractivity contribution >= 4 is 5.96 Å². The quantitative estimate of drug-likeness (QED) is 0.547. The fraction of sp³-hybridized carbons (Fsp3) is 0.409. The van der Waals surface area contributed by atoms with Gasteiger partial charge in [0.2, 0.25) is 0 Å². The largest absolute Gasteiger partial charge is 0.488 e. The number of aliphatic imine (C=N–C) groups is 1. The van der Waals surface area contributed by atoms with Crippen LogP contribution in [0.3, 0.4) is 0 Å². The van der Waals surface area contributed by atoms with Crippen LogP contribution in [0.1, 0.15) is 30.0 Å². The van der Waals surface area contributed by atoms with E-state index in [1.54, 1.807) is 0 Å². The van der Waals surface area contributed by atoms with Gasteiger partial charge in [-0.15, -0.1) is 0 Å². The maximum Gasteiger partial charge on any atom is 0.191 e. The summed E-state index contributed by atoms with van der Waals surface area (Å²) in [5.41, 5.74) is 2.32. The van der Waals surface area contributed by atoms with Crippen molar-refractivity contribution in [3.63, 3.8) is 0 Å². The molecule has 2 N–H and O–H groups in total. The molecule has 156 valence electrons. The van der Waals surface area contributed by atoms with Crippen molar-refractivity contribution in [2.75, 3.05) is 19.8 Å². The van der Waals surface area contributed by atoms with E-state index in [1.807, 2.05) is 32.0 Å². The van der Waals surface area contributed by atoms with E-state index in [0.29, 0.717) is 25.7 Å². The van der Waals surface area contributed by atoms with Gasteiger partial charge in [0.15, 0.2) is 5.96 Å². The van der Waals surface area contributed by atoms with Crippen LogP contribution < -0.4 is 15.4 Å². The lowest BCUT2D eigenvalue weighted by Crippen LogP contribution is -2.37. The fourth-order valence-electron chi connectivity index (χ4n) is 3.05. The summed E-state index contributed by atoms with van der Waals surface area (Å²) in [4.78, 5) is 4.38. The van der Waals surface area contributed by atoms with Crippen LogP contribution in [0.4, 0.5) is 8.78 Å². The molecule has 0 aromatic heterocycles. The third kappa shape index (κ3) is 6.15. The molecular weight excluding hydrogens is 376 g/mol. The SMILES string of the molecule is CCNC(=NCc1cc(F)ccc1F)NCc1ccc(C)cc1OC1CCOC1. The monoisotopic (exact) mass is 403 g/mol. The summed E-state index contributed by atoms with van der Waals surface area (Å²) in [5.74, 6) is 0.387. The Morgan fingerprint density at radius 1 is 1.17 bits per heavy atom. The van der Waals surface area contributed by atoms with Crippen LogP contribution in [-0.4, -0.2) is 31.8 Å². The zero-order chi connectivity index (χ0) is 20.6. The van der Waals surface area contributed by atoms with Gasteiger partial charge in [0, 0.05) is 30.6 Å². The first-order chi connectivity index (χ1) is 14.0. The van der Waals surface area contributed by atoms with Crippen LogP contribution in [0.5, 0.6) is 5.75 Å². The summed E-state index contributed by atoms with van der Waals surface area (Å²) in [6, 6.07) is 9.44. The number of guanidine groups is 1. The number of hydrogen-bond donors (Lipinski definition) is 2. The van der Waals surface area contributed by atoms with E-state index in [-0.39, 0.29) is 18.2 Å². The minimum absolute atomic E-state index is 0.0373. The Morgan fingerprint density at radius 3 is 2.79 bits per heavy atom. The van der Waals surface area contributed by atoms with Gasteiger partial charge in [-0.1, -0.05) is 12.1 Å². The van der Waals surface area contributed by atoms with E-state index in [1.165, 1.54) is 0 Å². The maximum atomic E-state index is 13.8. The van der Waals surface area contributed by atoms with Crippen molar-refractivity contribution in [2.24, 2.45) is 4.99 Å². The summed E-state index contributed by atoms with van der Waals surface area (Å²) in [6.45, 7) is 6.46. The normalized spacial score (nSPS) is 16.7. The van der Waals surface area contributed by atoms with Gasteiger partial charge in [0.1, 0.15) is 23.5 Å². The molecule has 1 fully saturated rings. The number of ether oxygens (including phenoxy) is 2. The number of hydrogen-bond acceptors (Lipinski definition) is 3. The van der Waals surface area contributed by atoms with Crippen molar-refractivity contribution in [2.45, 2.75) is 39.5 Å². The van der Waals surface area contributed by atoms with Gasteiger partial charge in [0.25, 0.3) is 0 Å². The van der Waals surface area contributed by atoms with Gasteiger partial charge in [-0.3, -0.25) is 0 Å². The minimum Gasteiger partial charge on any atom is -0.488 e. The van der Waals surface area contributed by atoms with Crippen molar-refractivity contribution in [1.82, 2.24) is 10.6 Å². The van der Waals surface area contributed by atoms with E-state index >= 15 is 0 Å². The zero-order valence-electron chi connectivity index (χ0n) is 16.8. The summed E-state index contributed by atoms with van der Waals surface area (Å²) < 4.78 is 38.7.